The Balaban J connectivity index is 1.55. The first-order chi connectivity index (χ1) is 14.2. The SMILES string of the molecule is CCCCC(CCCC)CN1CCC(CO[C@H]2C[C@H](NC(CC)CCC)C2)CC1. The van der Waals surface area contributed by atoms with Gasteiger partial charge in [0.25, 0.3) is 0 Å². The van der Waals surface area contributed by atoms with E-state index in [0.29, 0.717) is 18.2 Å². The Hall–Kier alpha value is -0.120. The zero-order valence-corrected chi connectivity index (χ0v) is 20.3. The zero-order chi connectivity index (χ0) is 20.9. The fourth-order valence-corrected chi connectivity index (χ4v) is 5.21. The summed E-state index contributed by atoms with van der Waals surface area (Å²) in [7, 11) is 0. The van der Waals surface area contributed by atoms with Crippen molar-refractivity contribution in [2.45, 2.75) is 129 Å². The molecule has 0 aromatic heterocycles. The first-order valence-electron chi connectivity index (χ1n) is 13.3. The lowest BCUT2D eigenvalue weighted by Crippen LogP contribution is -2.49. The molecule has 2 aliphatic rings. The maximum absolute atomic E-state index is 6.29. The molecule has 1 N–H and O–H groups in total. The van der Waals surface area contributed by atoms with Crippen LogP contribution in [0, 0.1) is 11.8 Å². The Morgan fingerprint density at radius 2 is 1.55 bits per heavy atom. The normalized spacial score (nSPS) is 24.7. The van der Waals surface area contributed by atoms with Crippen LogP contribution in [0.4, 0.5) is 0 Å². The largest absolute Gasteiger partial charge is 0.378 e. The molecule has 2 fully saturated rings. The van der Waals surface area contributed by atoms with E-state index in [0.717, 1.165) is 18.4 Å². The van der Waals surface area contributed by atoms with Crippen LogP contribution in [0.5, 0.6) is 0 Å². The van der Waals surface area contributed by atoms with E-state index in [1.54, 1.807) is 0 Å². The number of rotatable bonds is 16. The fraction of sp³-hybridized carbons (Fsp3) is 1.00. The van der Waals surface area contributed by atoms with Gasteiger partial charge in [-0.15, -0.1) is 0 Å². The highest BCUT2D eigenvalue weighted by molar-refractivity contribution is 4.88. The van der Waals surface area contributed by atoms with E-state index in [2.05, 4.69) is 37.9 Å². The van der Waals surface area contributed by atoms with Gasteiger partial charge in [0, 0.05) is 25.2 Å². The molecule has 1 atom stereocenters. The molecule has 1 unspecified atom stereocenters. The Morgan fingerprint density at radius 3 is 2.10 bits per heavy atom. The summed E-state index contributed by atoms with van der Waals surface area (Å²) in [5, 5.41) is 3.84. The predicted molar refractivity (Wildman–Crippen MR) is 127 cm³/mol. The molecule has 0 bridgehead atoms. The molecule has 1 saturated heterocycles. The van der Waals surface area contributed by atoms with Gasteiger partial charge < -0.3 is 15.0 Å². The molecule has 3 heteroatoms. The lowest BCUT2D eigenvalue weighted by Gasteiger charge is -2.40. The molecule has 2 rings (SSSR count). The van der Waals surface area contributed by atoms with Gasteiger partial charge in [-0.1, -0.05) is 59.8 Å². The highest BCUT2D eigenvalue weighted by atomic mass is 16.5. The van der Waals surface area contributed by atoms with E-state index < -0.39 is 0 Å². The smallest absolute Gasteiger partial charge is 0.0605 e. The van der Waals surface area contributed by atoms with E-state index in [9.17, 15) is 0 Å². The van der Waals surface area contributed by atoms with Gasteiger partial charge >= 0.3 is 0 Å². The van der Waals surface area contributed by atoms with Crippen molar-refractivity contribution in [3.05, 3.63) is 0 Å². The van der Waals surface area contributed by atoms with Gasteiger partial charge in [-0.3, -0.25) is 0 Å². The molecule has 1 aliphatic heterocycles. The second kappa shape index (κ2) is 14.8. The molecule has 3 nitrogen and oxygen atoms in total. The van der Waals surface area contributed by atoms with Crippen molar-refractivity contribution in [3.8, 4) is 0 Å². The van der Waals surface area contributed by atoms with Crippen molar-refractivity contribution in [2.24, 2.45) is 11.8 Å². The third-order valence-electron chi connectivity index (χ3n) is 7.42. The van der Waals surface area contributed by atoms with E-state index in [1.807, 2.05) is 0 Å². The summed E-state index contributed by atoms with van der Waals surface area (Å²) >= 11 is 0. The van der Waals surface area contributed by atoms with Gasteiger partial charge in [0.1, 0.15) is 0 Å². The van der Waals surface area contributed by atoms with Gasteiger partial charge in [-0.05, 0) is 76.3 Å². The second-order valence-corrected chi connectivity index (χ2v) is 10.1. The van der Waals surface area contributed by atoms with E-state index in [4.69, 9.17) is 4.74 Å². The van der Waals surface area contributed by atoms with Gasteiger partial charge in [0.15, 0.2) is 0 Å². The molecule has 0 amide bonds. The zero-order valence-electron chi connectivity index (χ0n) is 20.3. The highest BCUT2D eigenvalue weighted by Gasteiger charge is 2.32. The fourth-order valence-electron chi connectivity index (χ4n) is 5.21. The molecule has 29 heavy (non-hydrogen) atoms. The van der Waals surface area contributed by atoms with Gasteiger partial charge in [-0.25, -0.2) is 0 Å². The lowest BCUT2D eigenvalue weighted by atomic mass is 9.87. The van der Waals surface area contributed by atoms with Crippen LogP contribution in [-0.2, 0) is 4.74 Å². The van der Waals surface area contributed by atoms with Crippen LogP contribution in [0.2, 0.25) is 0 Å². The number of nitrogens with one attached hydrogen (secondary N) is 1. The standard InChI is InChI=1S/C26H52N2O/c1-5-9-12-22(13-10-6-2)20-28-16-14-23(15-17-28)21-29-26-18-25(19-26)27-24(8-4)11-7-3/h22-27H,5-21H2,1-4H3/t24?,25-,26-. The van der Waals surface area contributed by atoms with Crippen LogP contribution >= 0.6 is 0 Å². The Bertz CT molecular complexity index is 380. The molecule has 0 spiro atoms. The van der Waals surface area contributed by atoms with Gasteiger partial charge in [0.05, 0.1) is 6.10 Å². The van der Waals surface area contributed by atoms with Crippen LogP contribution in [0.15, 0.2) is 0 Å². The molecule has 0 radical (unpaired) electrons. The second-order valence-electron chi connectivity index (χ2n) is 10.1. The average molecular weight is 409 g/mol. The highest BCUT2D eigenvalue weighted by Crippen LogP contribution is 2.27. The molecule has 0 aromatic carbocycles. The maximum Gasteiger partial charge on any atom is 0.0605 e. The molecule has 172 valence electrons. The third-order valence-corrected chi connectivity index (χ3v) is 7.42. The molecule has 1 aliphatic carbocycles. The van der Waals surface area contributed by atoms with Gasteiger partial charge in [0.2, 0.25) is 0 Å². The van der Waals surface area contributed by atoms with Crippen molar-refractivity contribution < 1.29 is 4.74 Å². The van der Waals surface area contributed by atoms with E-state index in [1.165, 1.54) is 103 Å². The Kier molecular flexibility index (Phi) is 12.8. The maximum atomic E-state index is 6.29. The van der Waals surface area contributed by atoms with Crippen molar-refractivity contribution in [1.82, 2.24) is 10.2 Å². The van der Waals surface area contributed by atoms with Gasteiger partial charge in [-0.2, -0.15) is 0 Å². The molecular weight excluding hydrogens is 356 g/mol. The van der Waals surface area contributed by atoms with Crippen LogP contribution in [-0.4, -0.2) is 49.3 Å². The van der Waals surface area contributed by atoms with E-state index >= 15 is 0 Å². The number of hydrogen-bond acceptors (Lipinski definition) is 3. The predicted octanol–water partition coefficient (Wildman–Crippen LogP) is 6.41. The minimum atomic E-state index is 0.525. The van der Waals surface area contributed by atoms with Crippen LogP contribution < -0.4 is 5.32 Å². The Morgan fingerprint density at radius 1 is 0.897 bits per heavy atom. The average Bonchev–Trinajstić information content (AvgIpc) is 2.71. The monoisotopic (exact) mass is 408 g/mol. The van der Waals surface area contributed by atoms with Crippen molar-refractivity contribution in [3.63, 3.8) is 0 Å². The number of nitrogens with zero attached hydrogens (tertiary/aromatic N) is 1. The summed E-state index contributed by atoms with van der Waals surface area (Å²) < 4.78 is 6.29. The number of unbranched alkanes of at least 4 members (excludes halogenated alkanes) is 2. The number of likely N-dealkylation sites (tertiary alicyclic amines) is 1. The number of hydrogen-bond donors (Lipinski definition) is 1. The lowest BCUT2D eigenvalue weighted by molar-refractivity contribution is -0.0429. The van der Waals surface area contributed by atoms with Crippen molar-refractivity contribution in [2.75, 3.05) is 26.2 Å². The molecular formula is C26H52N2O. The first-order valence-corrected chi connectivity index (χ1v) is 13.3. The Labute approximate surface area is 182 Å². The summed E-state index contributed by atoms with van der Waals surface area (Å²) in [6, 6.07) is 1.43. The van der Waals surface area contributed by atoms with Crippen LogP contribution in [0.3, 0.4) is 0 Å². The molecule has 0 aromatic rings. The summed E-state index contributed by atoms with van der Waals surface area (Å²) in [6.45, 7) is 14.2. The summed E-state index contributed by atoms with van der Waals surface area (Å²) in [5.41, 5.74) is 0. The van der Waals surface area contributed by atoms with Crippen LogP contribution in [0.25, 0.3) is 0 Å². The quantitative estimate of drug-likeness (QED) is 0.319. The van der Waals surface area contributed by atoms with Crippen molar-refractivity contribution >= 4 is 0 Å². The molecule has 1 heterocycles. The topological polar surface area (TPSA) is 24.5 Å². The first kappa shape index (κ1) is 25.1. The summed E-state index contributed by atoms with van der Waals surface area (Å²) in [5.74, 6) is 1.73. The van der Waals surface area contributed by atoms with Crippen LogP contribution in [0.1, 0.15) is 111 Å². The molecule has 1 saturated carbocycles. The number of ether oxygens (including phenoxy) is 1. The summed E-state index contributed by atoms with van der Waals surface area (Å²) in [6.07, 6.45) is 17.9. The van der Waals surface area contributed by atoms with Crippen molar-refractivity contribution in [1.29, 1.82) is 0 Å². The third kappa shape index (κ3) is 9.70. The summed E-state index contributed by atoms with van der Waals surface area (Å²) in [4.78, 5) is 2.76. The minimum Gasteiger partial charge on any atom is -0.378 e. The minimum absolute atomic E-state index is 0.525. The van der Waals surface area contributed by atoms with E-state index in [-0.39, 0.29) is 0 Å². The number of piperidine rings is 1.